The lowest BCUT2D eigenvalue weighted by molar-refractivity contribution is -0.122. The molecule has 0 N–H and O–H groups in total. The molecule has 0 saturated carbocycles. The fraction of sp³-hybridized carbons (Fsp3) is 1.00. The zero-order valence-electron chi connectivity index (χ0n) is 13.5. The van der Waals surface area contributed by atoms with Crippen LogP contribution in [0, 0.1) is 0 Å². The van der Waals surface area contributed by atoms with Crippen LogP contribution in [0.1, 0.15) is 33.6 Å². The molecule has 2 aliphatic heterocycles. The van der Waals surface area contributed by atoms with Gasteiger partial charge in [0.2, 0.25) is 6.41 Å². The molecule has 0 spiro atoms. The SMILES string of the molecule is CCO[Si](CCCC1COC2OCCN12)(OCC)OCC. The molecule has 0 bridgehead atoms. The summed E-state index contributed by atoms with van der Waals surface area (Å²) < 4.78 is 28.8. The fourth-order valence-electron chi connectivity index (χ4n) is 3.05. The van der Waals surface area contributed by atoms with Crippen molar-refractivity contribution in [2.75, 3.05) is 39.6 Å². The molecule has 2 fully saturated rings. The van der Waals surface area contributed by atoms with Crippen LogP contribution < -0.4 is 0 Å². The molecule has 2 heterocycles. The molecule has 2 saturated heterocycles. The van der Waals surface area contributed by atoms with Crippen molar-refractivity contribution < 1.29 is 22.8 Å². The maximum absolute atomic E-state index is 5.89. The van der Waals surface area contributed by atoms with Crippen molar-refractivity contribution in [3.63, 3.8) is 0 Å². The maximum Gasteiger partial charge on any atom is 0.500 e. The van der Waals surface area contributed by atoms with Gasteiger partial charge in [-0.1, -0.05) is 0 Å². The third-order valence-electron chi connectivity index (χ3n) is 3.89. The van der Waals surface area contributed by atoms with Crippen LogP contribution in [0.15, 0.2) is 0 Å². The molecule has 7 heteroatoms. The van der Waals surface area contributed by atoms with Gasteiger partial charge in [-0.3, -0.25) is 0 Å². The topological polar surface area (TPSA) is 49.4 Å². The van der Waals surface area contributed by atoms with E-state index in [9.17, 15) is 0 Å². The summed E-state index contributed by atoms with van der Waals surface area (Å²) in [5.41, 5.74) is 0. The van der Waals surface area contributed by atoms with Crippen molar-refractivity contribution in [1.29, 1.82) is 0 Å². The Kier molecular flexibility index (Phi) is 7.07. The lowest BCUT2D eigenvalue weighted by Crippen LogP contribution is -2.46. The molecule has 0 aromatic rings. The summed E-state index contributed by atoms with van der Waals surface area (Å²) in [6.07, 6.45) is 1.99. The van der Waals surface area contributed by atoms with Crippen LogP contribution >= 0.6 is 0 Å². The fourth-order valence-corrected chi connectivity index (χ4v) is 5.69. The normalized spacial score (nSPS) is 26.4. The summed E-state index contributed by atoms with van der Waals surface area (Å²) in [6.45, 7) is 10.4. The lowest BCUT2D eigenvalue weighted by Gasteiger charge is -2.29. The highest BCUT2D eigenvalue weighted by molar-refractivity contribution is 6.60. The Bertz CT molecular complexity index is 290. The van der Waals surface area contributed by atoms with Crippen LogP contribution in [0.25, 0.3) is 0 Å². The van der Waals surface area contributed by atoms with Crippen LogP contribution in [-0.2, 0) is 22.8 Å². The van der Waals surface area contributed by atoms with E-state index in [0.29, 0.717) is 25.9 Å². The first-order chi connectivity index (χ1) is 10.2. The molecule has 2 aliphatic rings. The quantitative estimate of drug-likeness (QED) is 0.573. The Labute approximate surface area is 129 Å². The van der Waals surface area contributed by atoms with E-state index in [0.717, 1.165) is 38.6 Å². The third-order valence-corrected chi connectivity index (χ3v) is 7.05. The Morgan fingerprint density at radius 2 is 1.71 bits per heavy atom. The zero-order chi connectivity index (χ0) is 15.1. The van der Waals surface area contributed by atoms with Crippen molar-refractivity contribution in [2.24, 2.45) is 0 Å². The third kappa shape index (κ3) is 4.48. The lowest BCUT2D eigenvalue weighted by atomic mass is 10.2. The number of hydrogen-bond donors (Lipinski definition) is 0. The van der Waals surface area contributed by atoms with Gasteiger partial charge in [-0.2, -0.15) is 0 Å². The van der Waals surface area contributed by atoms with E-state index >= 15 is 0 Å². The van der Waals surface area contributed by atoms with Gasteiger partial charge < -0.3 is 22.8 Å². The molecular formula is C14H29NO5Si. The molecule has 0 amide bonds. The molecule has 0 radical (unpaired) electrons. The average molecular weight is 319 g/mol. The molecule has 2 rings (SSSR count). The van der Waals surface area contributed by atoms with E-state index in [1.807, 2.05) is 20.8 Å². The van der Waals surface area contributed by atoms with Gasteiger partial charge in [-0.05, 0) is 33.6 Å². The predicted molar refractivity (Wildman–Crippen MR) is 80.9 cm³/mol. The van der Waals surface area contributed by atoms with Crippen molar-refractivity contribution >= 4 is 8.80 Å². The van der Waals surface area contributed by atoms with Gasteiger partial charge in [-0.25, -0.2) is 4.90 Å². The molecule has 124 valence electrons. The van der Waals surface area contributed by atoms with E-state index in [1.54, 1.807) is 0 Å². The smallest absolute Gasteiger partial charge is 0.374 e. The molecule has 21 heavy (non-hydrogen) atoms. The number of hydrogen-bond acceptors (Lipinski definition) is 6. The Morgan fingerprint density at radius 1 is 1.05 bits per heavy atom. The molecule has 0 aliphatic carbocycles. The van der Waals surface area contributed by atoms with E-state index in [1.165, 1.54) is 0 Å². The minimum absolute atomic E-state index is 0.109. The summed E-state index contributed by atoms with van der Waals surface area (Å²) in [5.74, 6) is 0. The summed E-state index contributed by atoms with van der Waals surface area (Å²) in [5, 5.41) is 0. The van der Waals surface area contributed by atoms with Crippen molar-refractivity contribution in [2.45, 2.75) is 52.1 Å². The van der Waals surface area contributed by atoms with Gasteiger partial charge in [0.05, 0.1) is 13.2 Å². The van der Waals surface area contributed by atoms with Crippen LogP contribution in [0.3, 0.4) is 0 Å². The summed E-state index contributed by atoms with van der Waals surface area (Å²) >= 11 is 0. The molecule has 6 nitrogen and oxygen atoms in total. The predicted octanol–water partition coefficient (Wildman–Crippen LogP) is 1.83. The molecular weight excluding hydrogens is 290 g/mol. The highest BCUT2D eigenvalue weighted by Crippen LogP contribution is 2.27. The Balaban J connectivity index is 1.80. The highest BCUT2D eigenvalue weighted by Gasteiger charge is 2.42. The Morgan fingerprint density at radius 3 is 2.33 bits per heavy atom. The maximum atomic E-state index is 5.89. The van der Waals surface area contributed by atoms with Crippen LogP contribution in [0.2, 0.25) is 6.04 Å². The number of rotatable bonds is 10. The van der Waals surface area contributed by atoms with Gasteiger partial charge in [0, 0.05) is 38.5 Å². The average Bonchev–Trinajstić information content (AvgIpc) is 3.04. The first-order valence-corrected chi connectivity index (χ1v) is 10.1. The largest absolute Gasteiger partial charge is 0.500 e. The highest BCUT2D eigenvalue weighted by atomic mass is 28.4. The second-order valence-corrected chi connectivity index (χ2v) is 8.01. The molecule has 0 aromatic carbocycles. The second-order valence-electron chi connectivity index (χ2n) is 5.28. The van der Waals surface area contributed by atoms with Gasteiger partial charge in [0.25, 0.3) is 0 Å². The second kappa shape index (κ2) is 8.57. The van der Waals surface area contributed by atoms with E-state index < -0.39 is 8.80 Å². The van der Waals surface area contributed by atoms with Gasteiger partial charge in [0.1, 0.15) is 0 Å². The minimum Gasteiger partial charge on any atom is -0.374 e. The van der Waals surface area contributed by atoms with Crippen LogP contribution in [0.5, 0.6) is 0 Å². The summed E-state index contributed by atoms with van der Waals surface area (Å²) in [4.78, 5) is 2.31. The van der Waals surface area contributed by atoms with E-state index in [-0.39, 0.29) is 6.41 Å². The molecule has 2 unspecified atom stereocenters. The number of fused-ring (bicyclic) bond motifs is 1. The van der Waals surface area contributed by atoms with Crippen molar-refractivity contribution in [3.8, 4) is 0 Å². The van der Waals surface area contributed by atoms with Gasteiger partial charge in [-0.15, -0.1) is 0 Å². The first kappa shape index (κ1) is 17.3. The minimum atomic E-state index is -2.49. The number of nitrogens with zero attached hydrogens (tertiary/aromatic N) is 1. The zero-order valence-corrected chi connectivity index (χ0v) is 14.5. The summed E-state index contributed by atoms with van der Waals surface area (Å²) in [7, 11) is -2.49. The molecule has 0 aromatic heterocycles. The van der Waals surface area contributed by atoms with Crippen LogP contribution in [-0.4, -0.2) is 65.7 Å². The van der Waals surface area contributed by atoms with Crippen molar-refractivity contribution in [1.82, 2.24) is 4.90 Å². The van der Waals surface area contributed by atoms with Crippen molar-refractivity contribution in [3.05, 3.63) is 0 Å². The van der Waals surface area contributed by atoms with E-state index in [2.05, 4.69) is 4.90 Å². The molecule has 2 atom stereocenters. The van der Waals surface area contributed by atoms with Crippen LogP contribution in [0.4, 0.5) is 0 Å². The standard InChI is InChI=1S/C14H29NO5Si/c1-4-18-21(19-5-2,20-6-3)11-7-8-13-12-17-14-15(13)9-10-16-14/h13-14H,4-12H2,1-3H3. The monoisotopic (exact) mass is 319 g/mol. The van der Waals surface area contributed by atoms with E-state index in [4.69, 9.17) is 22.8 Å². The van der Waals surface area contributed by atoms with Gasteiger partial charge in [0.15, 0.2) is 0 Å². The summed E-state index contributed by atoms with van der Waals surface area (Å²) in [6, 6.07) is 1.33. The Hall–Kier alpha value is -0.0231. The number of ether oxygens (including phenoxy) is 2. The first-order valence-electron chi connectivity index (χ1n) is 8.15. The van der Waals surface area contributed by atoms with Gasteiger partial charge >= 0.3 is 8.80 Å².